The lowest BCUT2D eigenvalue weighted by molar-refractivity contribution is -0.149. The van der Waals surface area contributed by atoms with Gasteiger partial charge in [-0.3, -0.25) is 19.2 Å². The van der Waals surface area contributed by atoms with Crippen LogP contribution in [0.1, 0.15) is 11.6 Å². The largest absolute Gasteiger partial charge is 0.512 e. The monoisotopic (exact) mass is 492 g/mol. The quantitative estimate of drug-likeness (QED) is 0.209. The van der Waals surface area contributed by atoms with Crippen molar-refractivity contribution in [2.75, 3.05) is 16.7 Å². The van der Waals surface area contributed by atoms with E-state index in [0.29, 0.717) is 0 Å². The van der Waals surface area contributed by atoms with Crippen molar-refractivity contribution in [2.24, 2.45) is 5.73 Å². The normalized spacial score (nSPS) is 21.6. The number of halogens is 1. The van der Waals surface area contributed by atoms with Crippen LogP contribution in [0.4, 0.5) is 10.5 Å². The number of carbonyl (C=O) groups is 3. The molecule has 0 aliphatic carbocycles. The minimum Gasteiger partial charge on any atom is -0.506 e. The molecule has 1 aromatic carbocycles. The average molecular weight is 493 g/mol. The van der Waals surface area contributed by atoms with E-state index < -0.39 is 45.5 Å². The lowest BCUT2D eigenvalue weighted by Gasteiger charge is -2.48. The van der Waals surface area contributed by atoms with Crippen LogP contribution in [-0.4, -0.2) is 64.9 Å². The Bertz CT molecular complexity index is 1090. The molecule has 0 bridgehead atoms. The summed E-state index contributed by atoms with van der Waals surface area (Å²) >= 11 is 7.14. The molecule has 31 heavy (non-hydrogen) atoms. The highest BCUT2D eigenvalue weighted by Crippen LogP contribution is 2.41. The van der Waals surface area contributed by atoms with Crippen LogP contribution in [0.2, 0.25) is 0 Å². The van der Waals surface area contributed by atoms with Crippen molar-refractivity contribution in [1.82, 2.24) is 10.2 Å². The van der Waals surface area contributed by atoms with E-state index in [2.05, 4.69) is 14.8 Å². The third-order valence-electron chi connectivity index (χ3n) is 4.31. The summed E-state index contributed by atoms with van der Waals surface area (Å²) in [4.78, 5) is 36.9. The molecule has 2 heterocycles. The van der Waals surface area contributed by atoms with Crippen molar-refractivity contribution in [3.8, 4) is 5.75 Å². The van der Waals surface area contributed by atoms with Crippen LogP contribution in [0.5, 0.6) is 5.75 Å². The first-order valence-corrected chi connectivity index (χ1v) is 11.8. The number of thioether (sulfide) groups is 1. The van der Waals surface area contributed by atoms with Gasteiger partial charge in [-0.1, -0.05) is 17.7 Å². The highest BCUT2D eigenvalue weighted by atomic mass is 35.5. The number of ether oxygens (including phenoxy) is 1. The zero-order chi connectivity index (χ0) is 23.1. The predicted molar refractivity (Wildman–Crippen MR) is 111 cm³/mol. The van der Waals surface area contributed by atoms with E-state index in [1.165, 1.54) is 30.0 Å². The Balaban J connectivity index is 1.72. The molecule has 2 amide bonds. The summed E-state index contributed by atoms with van der Waals surface area (Å²) in [6.45, 7) is 0. The van der Waals surface area contributed by atoms with Crippen LogP contribution in [0.25, 0.3) is 0 Å². The number of phenols is 1. The number of sulfonamides is 1. The van der Waals surface area contributed by atoms with Crippen molar-refractivity contribution < 1.29 is 37.8 Å². The summed E-state index contributed by atoms with van der Waals surface area (Å²) in [6.07, 6.45) is -0.739. The number of carbonyl (C=O) groups excluding carboxylic acids is 2. The van der Waals surface area contributed by atoms with Crippen LogP contribution in [0, 0.1) is 0 Å². The molecule has 0 saturated carbocycles. The average Bonchev–Trinajstić information content (AvgIpc) is 2.67. The first-order valence-electron chi connectivity index (χ1n) is 8.50. The van der Waals surface area contributed by atoms with Crippen LogP contribution >= 0.6 is 23.4 Å². The lowest BCUT2D eigenvalue weighted by Crippen LogP contribution is -2.70. The second kappa shape index (κ2) is 8.45. The number of benzene rings is 1. The number of hydrogen-bond acceptors (Lipinski definition) is 9. The molecule has 1 unspecified atom stereocenters. The van der Waals surface area contributed by atoms with E-state index in [4.69, 9.17) is 22.4 Å². The predicted octanol–water partition coefficient (Wildman–Crippen LogP) is 0.266. The summed E-state index contributed by atoms with van der Waals surface area (Å²) in [5, 5.41) is 20.5. The van der Waals surface area contributed by atoms with Gasteiger partial charge in [0.15, 0.2) is 0 Å². The summed E-state index contributed by atoms with van der Waals surface area (Å²) in [5.74, 6) is -1.85. The number of hydrogen-bond donors (Lipinski definition) is 5. The summed E-state index contributed by atoms with van der Waals surface area (Å²) in [5.41, 5.74) is 5.96. The van der Waals surface area contributed by atoms with Gasteiger partial charge in [-0.05, 0) is 17.7 Å². The lowest BCUT2D eigenvalue weighted by atomic mass is 10.0. The van der Waals surface area contributed by atoms with Gasteiger partial charge < -0.3 is 26.0 Å². The van der Waals surface area contributed by atoms with Crippen molar-refractivity contribution in [1.29, 1.82) is 0 Å². The Labute approximate surface area is 185 Å². The molecule has 3 rings (SSSR count). The van der Waals surface area contributed by atoms with E-state index in [1.54, 1.807) is 0 Å². The maximum atomic E-state index is 12.6. The fraction of sp³-hybridized carbons (Fsp3) is 0.312. The molecule has 1 saturated heterocycles. The standard InChI is InChI=1S/C16H17ClN4O8S2/c1-31(27,28)20-8-4-6(2-3-9(8)22)10(18)12(23)19-11-13(24)21-14(29-16(25)26)7(17)5-30-15(11)21/h2-4,10-11,15,20,22H,5,18H2,1H3,(H,19,23)(H,25,26)/t10?,11-,15+/m1/s1. The van der Waals surface area contributed by atoms with Crippen LogP contribution in [0.3, 0.4) is 0 Å². The number of nitrogens with one attached hydrogen (secondary N) is 2. The fourth-order valence-electron chi connectivity index (χ4n) is 2.94. The number of aromatic hydroxyl groups is 1. The van der Waals surface area contributed by atoms with Gasteiger partial charge in [-0.2, -0.15) is 0 Å². The number of β-lactam (4-membered cyclic amide) rings is 1. The van der Waals surface area contributed by atoms with Gasteiger partial charge in [0.25, 0.3) is 5.91 Å². The minimum absolute atomic E-state index is 0.0495. The van der Waals surface area contributed by atoms with Gasteiger partial charge in [-0.15, -0.1) is 11.8 Å². The third kappa shape index (κ3) is 4.81. The maximum absolute atomic E-state index is 12.6. The number of nitrogens with two attached hydrogens (primary N) is 1. The van der Waals surface area contributed by atoms with Gasteiger partial charge in [0.2, 0.25) is 21.8 Å². The van der Waals surface area contributed by atoms with Gasteiger partial charge in [-0.25, -0.2) is 13.2 Å². The number of phenolic OH excluding ortho intramolecular Hbond substituents is 1. The Morgan fingerprint density at radius 1 is 1.42 bits per heavy atom. The van der Waals surface area contributed by atoms with E-state index in [-0.39, 0.29) is 33.7 Å². The molecule has 3 atom stereocenters. The third-order valence-corrected chi connectivity index (χ3v) is 6.64. The minimum atomic E-state index is -3.69. The molecular weight excluding hydrogens is 476 g/mol. The second-order valence-electron chi connectivity index (χ2n) is 6.60. The number of anilines is 1. The Hall–Kier alpha value is -2.68. The highest BCUT2D eigenvalue weighted by Gasteiger charge is 2.54. The van der Waals surface area contributed by atoms with Crippen molar-refractivity contribution in [2.45, 2.75) is 17.5 Å². The zero-order valence-electron chi connectivity index (χ0n) is 15.7. The summed E-state index contributed by atoms with van der Waals surface area (Å²) < 4.78 is 29.5. The molecule has 12 nitrogen and oxygen atoms in total. The van der Waals surface area contributed by atoms with Crippen LogP contribution < -0.4 is 15.8 Å². The zero-order valence-corrected chi connectivity index (χ0v) is 18.1. The highest BCUT2D eigenvalue weighted by molar-refractivity contribution is 8.00. The summed E-state index contributed by atoms with van der Waals surface area (Å²) in [6, 6.07) is 1.42. The molecule has 0 spiro atoms. The molecule has 1 aromatic rings. The Morgan fingerprint density at radius 2 is 2.10 bits per heavy atom. The number of fused-ring (bicyclic) bond motifs is 1. The van der Waals surface area contributed by atoms with E-state index in [1.807, 2.05) is 0 Å². The van der Waals surface area contributed by atoms with Gasteiger partial charge in [0, 0.05) is 5.75 Å². The van der Waals surface area contributed by atoms with E-state index in [0.717, 1.165) is 11.2 Å². The fourth-order valence-corrected chi connectivity index (χ4v) is 4.99. The Morgan fingerprint density at radius 3 is 2.71 bits per heavy atom. The molecule has 1 fully saturated rings. The van der Waals surface area contributed by atoms with Crippen LogP contribution in [-0.2, 0) is 24.3 Å². The molecule has 0 aromatic heterocycles. The molecular formula is C16H17ClN4O8S2. The van der Waals surface area contributed by atoms with E-state index >= 15 is 0 Å². The van der Waals surface area contributed by atoms with Gasteiger partial charge in [0.05, 0.1) is 17.0 Å². The van der Waals surface area contributed by atoms with Crippen molar-refractivity contribution >= 4 is 57.0 Å². The second-order valence-corrected chi connectivity index (χ2v) is 9.91. The van der Waals surface area contributed by atoms with Crippen molar-refractivity contribution in [3.05, 3.63) is 34.7 Å². The SMILES string of the molecule is CS(=O)(=O)Nc1cc(C(N)C(=O)N[C@@H]2C(=O)N3C(OC(=O)O)=C(Cl)CS[C@@H]23)ccc1O. The van der Waals surface area contributed by atoms with Crippen LogP contribution in [0.15, 0.2) is 29.1 Å². The molecule has 168 valence electrons. The molecule has 15 heteroatoms. The molecule has 0 radical (unpaired) electrons. The maximum Gasteiger partial charge on any atom is 0.512 e. The van der Waals surface area contributed by atoms with E-state index in [9.17, 15) is 27.9 Å². The van der Waals surface area contributed by atoms with Gasteiger partial charge >= 0.3 is 6.16 Å². The Kier molecular flexibility index (Phi) is 6.27. The molecule has 2 aliphatic heterocycles. The summed E-state index contributed by atoms with van der Waals surface area (Å²) in [7, 11) is -3.69. The topological polar surface area (TPSA) is 188 Å². The smallest absolute Gasteiger partial charge is 0.506 e. The molecule has 2 aliphatic rings. The number of amides is 2. The van der Waals surface area contributed by atoms with Crippen molar-refractivity contribution in [3.63, 3.8) is 0 Å². The van der Waals surface area contributed by atoms with Gasteiger partial charge in [0.1, 0.15) is 23.2 Å². The number of rotatable bonds is 6. The first kappa shape index (κ1) is 23.0. The number of carboxylic acid groups (broad SMARTS) is 1. The molecule has 6 N–H and O–H groups in total. The first-order chi connectivity index (χ1) is 14.4. The number of nitrogens with zero attached hydrogens (tertiary/aromatic N) is 1.